The van der Waals surface area contributed by atoms with Gasteiger partial charge in [0.05, 0.1) is 12.5 Å². The van der Waals surface area contributed by atoms with E-state index in [1.165, 1.54) is 0 Å². The highest BCUT2D eigenvalue weighted by atomic mass is 35.5. The molecule has 1 aromatic rings. The van der Waals surface area contributed by atoms with Crippen LogP contribution in [0.1, 0.15) is 18.9 Å². The monoisotopic (exact) mass is 367 g/mol. The molecule has 0 radical (unpaired) electrons. The van der Waals surface area contributed by atoms with E-state index in [9.17, 15) is 4.79 Å². The fraction of sp³-hybridized carbons (Fsp3) is 0.278. The Labute approximate surface area is 152 Å². The summed E-state index contributed by atoms with van der Waals surface area (Å²) in [5.74, 6) is -0.00400. The fourth-order valence-electron chi connectivity index (χ4n) is 2.89. The van der Waals surface area contributed by atoms with Crippen LogP contribution in [0.15, 0.2) is 53.5 Å². The number of benzene rings is 1. The molecule has 2 rings (SSSR count). The predicted octanol–water partition coefficient (Wildman–Crippen LogP) is 5.11. The number of hydrogen-bond donors (Lipinski definition) is 1. The van der Waals surface area contributed by atoms with E-state index < -0.39 is 0 Å². The van der Waals surface area contributed by atoms with E-state index in [1.807, 2.05) is 17.9 Å². The molecule has 0 spiro atoms. The molecule has 1 amide bonds. The van der Waals surface area contributed by atoms with E-state index in [4.69, 9.17) is 23.2 Å². The van der Waals surface area contributed by atoms with E-state index in [0.29, 0.717) is 27.0 Å². The Morgan fingerprint density at radius 3 is 2.48 bits per heavy atom. The first-order valence-corrected chi connectivity index (χ1v) is 8.53. The third kappa shape index (κ3) is 3.85. The standard InChI is InChI=1S/C18H19Cl2NOS/c1-4-12-6-7-21(11(3)14(12)5-2)18(22)10-15-16(19)8-13(23)9-17(15)20/h4-5,8-9,11,23H,1-2,6-7,10H2,3H3. The summed E-state index contributed by atoms with van der Waals surface area (Å²) in [4.78, 5) is 15.2. The quantitative estimate of drug-likeness (QED) is 0.732. The van der Waals surface area contributed by atoms with Gasteiger partial charge in [-0.15, -0.1) is 12.6 Å². The SMILES string of the molecule is C=CC1=C(C=C)C(C)N(C(=O)Cc2c(Cl)cc(S)cc2Cl)CC1. The van der Waals surface area contributed by atoms with Gasteiger partial charge in [-0.05, 0) is 42.2 Å². The van der Waals surface area contributed by atoms with Gasteiger partial charge in [-0.2, -0.15) is 0 Å². The van der Waals surface area contributed by atoms with Crippen LogP contribution in [-0.4, -0.2) is 23.4 Å². The molecule has 1 aliphatic heterocycles. The molecule has 0 fully saturated rings. The van der Waals surface area contributed by atoms with E-state index in [0.717, 1.165) is 17.6 Å². The van der Waals surface area contributed by atoms with Crippen molar-refractivity contribution in [3.05, 3.63) is 64.2 Å². The molecule has 1 aromatic carbocycles. The van der Waals surface area contributed by atoms with Gasteiger partial charge < -0.3 is 4.90 Å². The maximum absolute atomic E-state index is 12.7. The van der Waals surface area contributed by atoms with Gasteiger partial charge in [0.25, 0.3) is 0 Å². The second-order valence-corrected chi connectivity index (χ2v) is 6.80. The number of carbonyl (C=O) groups excluding carboxylic acids is 1. The van der Waals surface area contributed by atoms with Gasteiger partial charge in [-0.25, -0.2) is 0 Å². The Morgan fingerprint density at radius 2 is 1.96 bits per heavy atom. The fourth-order valence-corrected chi connectivity index (χ4v) is 3.92. The van der Waals surface area contributed by atoms with Gasteiger partial charge in [-0.1, -0.05) is 48.5 Å². The molecule has 0 aliphatic carbocycles. The molecule has 0 bridgehead atoms. The largest absolute Gasteiger partial charge is 0.335 e. The summed E-state index contributed by atoms with van der Waals surface area (Å²) in [5, 5.41) is 0.929. The maximum atomic E-state index is 12.7. The third-order valence-electron chi connectivity index (χ3n) is 4.15. The van der Waals surface area contributed by atoms with Crippen molar-refractivity contribution in [2.45, 2.75) is 30.7 Å². The van der Waals surface area contributed by atoms with Crippen molar-refractivity contribution in [1.29, 1.82) is 0 Å². The summed E-state index contributed by atoms with van der Waals surface area (Å²) in [6.07, 6.45) is 4.59. The Balaban J connectivity index is 2.24. The molecule has 1 atom stereocenters. The highest BCUT2D eigenvalue weighted by Gasteiger charge is 2.28. The number of carbonyl (C=O) groups is 1. The summed E-state index contributed by atoms with van der Waals surface area (Å²) in [6, 6.07) is 3.36. The molecule has 1 heterocycles. The molecule has 23 heavy (non-hydrogen) atoms. The molecule has 122 valence electrons. The Kier molecular flexibility index (Phi) is 6.01. The lowest BCUT2D eigenvalue weighted by Gasteiger charge is -2.35. The summed E-state index contributed by atoms with van der Waals surface area (Å²) >= 11 is 16.7. The average Bonchev–Trinajstić information content (AvgIpc) is 2.50. The highest BCUT2D eigenvalue weighted by Crippen LogP contribution is 2.31. The van der Waals surface area contributed by atoms with Gasteiger partial charge in [0.15, 0.2) is 0 Å². The van der Waals surface area contributed by atoms with Crippen molar-refractivity contribution in [3.63, 3.8) is 0 Å². The van der Waals surface area contributed by atoms with E-state index in [2.05, 4.69) is 25.8 Å². The summed E-state index contributed by atoms with van der Waals surface area (Å²) in [6.45, 7) is 10.3. The zero-order chi connectivity index (χ0) is 17.1. The number of thiol groups is 1. The Hall–Kier alpha value is -1.16. The molecular weight excluding hydrogens is 349 g/mol. The summed E-state index contributed by atoms with van der Waals surface area (Å²) < 4.78 is 0. The van der Waals surface area contributed by atoms with Gasteiger partial charge in [0, 0.05) is 21.5 Å². The lowest BCUT2D eigenvalue weighted by atomic mass is 9.93. The van der Waals surface area contributed by atoms with Crippen LogP contribution in [-0.2, 0) is 11.2 Å². The van der Waals surface area contributed by atoms with Crippen LogP contribution in [0.3, 0.4) is 0 Å². The van der Waals surface area contributed by atoms with Crippen LogP contribution in [0.5, 0.6) is 0 Å². The predicted molar refractivity (Wildman–Crippen MR) is 101 cm³/mol. The van der Waals surface area contributed by atoms with Crippen LogP contribution in [0, 0.1) is 0 Å². The van der Waals surface area contributed by atoms with Crippen molar-refractivity contribution >= 4 is 41.7 Å². The van der Waals surface area contributed by atoms with Crippen molar-refractivity contribution in [2.24, 2.45) is 0 Å². The number of nitrogens with zero attached hydrogens (tertiary/aromatic N) is 1. The number of amides is 1. The van der Waals surface area contributed by atoms with E-state index >= 15 is 0 Å². The van der Waals surface area contributed by atoms with E-state index in [1.54, 1.807) is 18.2 Å². The summed E-state index contributed by atoms with van der Waals surface area (Å²) in [5.41, 5.74) is 2.83. The normalized spacial score (nSPS) is 18.1. The first-order chi connectivity index (χ1) is 10.9. The van der Waals surface area contributed by atoms with Crippen LogP contribution in [0.25, 0.3) is 0 Å². The highest BCUT2D eigenvalue weighted by molar-refractivity contribution is 7.80. The molecular formula is C18H19Cl2NOS. The lowest BCUT2D eigenvalue weighted by Crippen LogP contribution is -2.44. The number of rotatable bonds is 4. The van der Waals surface area contributed by atoms with Crippen molar-refractivity contribution < 1.29 is 4.79 Å². The second kappa shape index (κ2) is 7.61. The van der Waals surface area contributed by atoms with Crippen molar-refractivity contribution in [3.8, 4) is 0 Å². The summed E-state index contributed by atoms with van der Waals surface area (Å²) in [7, 11) is 0. The van der Waals surface area contributed by atoms with Gasteiger partial charge in [-0.3, -0.25) is 4.79 Å². The minimum Gasteiger partial charge on any atom is -0.335 e. The smallest absolute Gasteiger partial charge is 0.227 e. The minimum atomic E-state index is -0.0385. The lowest BCUT2D eigenvalue weighted by molar-refractivity contribution is -0.132. The molecule has 1 unspecified atom stereocenters. The topological polar surface area (TPSA) is 20.3 Å². The number of hydrogen-bond acceptors (Lipinski definition) is 2. The molecule has 0 N–H and O–H groups in total. The first kappa shape index (κ1) is 18.2. The third-order valence-corrected chi connectivity index (χ3v) is 5.08. The number of halogens is 2. The van der Waals surface area contributed by atoms with Crippen LogP contribution < -0.4 is 0 Å². The van der Waals surface area contributed by atoms with Crippen molar-refractivity contribution in [1.82, 2.24) is 4.90 Å². The minimum absolute atomic E-state index is 0.00400. The average molecular weight is 368 g/mol. The van der Waals surface area contributed by atoms with Gasteiger partial charge >= 0.3 is 0 Å². The van der Waals surface area contributed by atoms with E-state index in [-0.39, 0.29) is 18.4 Å². The molecule has 1 aliphatic rings. The first-order valence-electron chi connectivity index (χ1n) is 7.33. The second-order valence-electron chi connectivity index (χ2n) is 5.47. The van der Waals surface area contributed by atoms with Crippen LogP contribution in [0.4, 0.5) is 0 Å². The van der Waals surface area contributed by atoms with Crippen LogP contribution in [0.2, 0.25) is 10.0 Å². The maximum Gasteiger partial charge on any atom is 0.227 e. The van der Waals surface area contributed by atoms with Crippen LogP contribution >= 0.6 is 35.8 Å². The zero-order valence-electron chi connectivity index (χ0n) is 13.0. The molecule has 5 heteroatoms. The van der Waals surface area contributed by atoms with Gasteiger partial charge in [0.1, 0.15) is 0 Å². The Morgan fingerprint density at radius 1 is 1.35 bits per heavy atom. The van der Waals surface area contributed by atoms with Gasteiger partial charge in [0.2, 0.25) is 5.91 Å². The molecule has 0 saturated carbocycles. The Bertz CT molecular complexity index is 673. The molecule has 2 nitrogen and oxygen atoms in total. The number of allylic oxidation sites excluding steroid dienone is 1. The van der Waals surface area contributed by atoms with Crippen molar-refractivity contribution in [2.75, 3.05) is 6.54 Å². The molecule has 0 saturated heterocycles. The zero-order valence-corrected chi connectivity index (χ0v) is 15.4. The molecule has 0 aromatic heterocycles.